The molecule has 4 aromatic carbocycles. The lowest BCUT2D eigenvalue weighted by atomic mass is 9.76. The number of carbonyl (C=O) groups is 2. The Morgan fingerprint density at radius 3 is 1.36 bits per heavy atom. The Balaban J connectivity index is 0.000000162. The van der Waals surface area contributed by atoms with Crippen LogP contribution in [-0.2, 0) is 0 Å². The van der Waals surface area contributed by atoms with Crippen molar-refractivity contribution in [3.05, 3.63) is 168 Å². The van der Waals surface area contributed by atoms with Gasteiger partial charge < -0.3 is 29.7 Å². The van der Waals surface area contributed by atoms with E-state index in [2.05, 4.69) is 29.9 Å². The minimum atomic E-state index is -0.658. The van der Waals surface area contributed by atoms with Gasteiger partial charge in [-0.25, -0.2) is 19.9 Å². The lowest BCUT2D eigenvalue weighted by Gasteiger charge is -2.34. The zero-order chi connectivity index (χ0) is 44.3. The van der Waals surface area contributed by atoms with E-state index in [0.29, 0.717) is 58.9 Å². The predicted octanol–water partition coefficient (Wildman–Crippen LogP) is 10.8. The van der Waals surface area contributed by atoms with Gasteiger partial charge in [-0.1, -0.05) is 36.4 Å². The average Bonchev–Trinajstić information content (AvgIpc) is 3.95. The van der Waals surface area contributed by atoms with Crippen LogP contribution < -0.4 is 9.47 Å². The number of imidazole rings is 2. The molecule has 0 saturated heterocycles. The standard InChI is InChI=1S/2C26H25N3O3/c2*1-26(31)14-4-6-18(16-26)20-7-5-15-27-25(20)32-19-12-10-17(11-13-19)23(30)24-28-21-8-2-3-9-22(21)29-24/h2*2-3,5,7-13,15,18,31H,4,6,14,16H2,1H3,(H,28,29)/t2*18-,26-/m10/s1. The Labute approximate surface area is 370 Å². The smallest absolute Gasteiger partial charge is 0.228 e. The molecule has 4 atom stereocenters. The fourth-order valence-corrected chi connectivity index (χ4v) is 9.02. The molecule has 324 valence electrons. The van der Waals surface area contributed by atoms with Crippen molar-refractivity contribution in [3.63, 3.8) is 0 Å². The minimum absolute atomic E-state index is 0.171. The Hall–Kier alpha value is -7.02. The van der Waals surface area contributed by atoms with Crippen molar-refractivity contribution >= 4 is 33.6 Å². The molecule has 0 radical (unpaired) electrons. The number of aromatic nitrogens is 6. The van der Waals surface area contributed by atoms with Crippen molar-refractivity contribution in [2.24, 2.45) is 0 Å². The molecule has 2 aliphatic rings. The number of fused-ring (bicyclic) bond motifs is 2. The highest BCUT2D eigenvalue weighted by atomic mass is 16.5. The van der Waals surface area contributed by atoms with Crippen LogP contribution in [0.1, 0.15) is 121 Å². The average molecular weight is 855 g/mol. The number of para-hydroxylation sites is 4. The summed E-state index contributed by atoms with van der Waals surface area (Å²) in [6, 6.07) is 37.0. The van der Waals surface area contributed by atoms with Crippen molar-refractivity contribution in [1.29, 1.82) is 0 Å². The molecular formula is C52H50N6O6. The number of rotatable bonds is 10. The summed E-state index contributed by atoms with van der Waals surface area (Å²) in [5.74, 6) is 3.01. The van der Waals surface area contributed by atoms with E-state index < -0.39 is 11.2 Å². The first kappa shape index (κ1) is 42.3. The third kappa shape index (κ3) is 9.63. The Kier molecular flexibility index (Phi) is 11.9. The predicted molar refractivity (Wildman–Crippen MR) is 244 cm³/mol. The fourth-order valence-electron chi connectivity index (χ4n) is 9.02. The molecule has 10 rings (SSSR count). The number of nitrogens with one attached hydrogen (secondary N) is 2. The quantitative estimate of drug-likeness (QED) is 0.0969. The number of nitrogens with zero attached hydrogens (tertiary/aromatic N) is 4. The van der Waals surface area contributed by atoms with Gasteiger partial charge in [-0.15, -0.1) is 0 Å². The molecule has 0 amide bonds. The molecule has 2 aliphatic carbocycles. The Bertz CT molecular complexity index is 2650. The number of hydrogen-bond acceptors (Lipinski definition) is 10. The summed E-state index contributed by atoms with van der Waals surface area (Å²) >= 11 is 0. The van der Waals surface area contributed by atoms with Gasteiger partial charge in [-0.2, -0.15) is 0 Å². The van der Waals surface area contributed by atoms with Gasteiger partial charge in [-0.05, 0) is 162 Å². The topological polar surface area (TPSA) is 176 Å². The Morgan fingerprint density at radius 2 is 0.969 bits per heavy atom. The number of ether oxygens (including phenoxy) is 2. The molecule has 0 spiro atoms. The number of aromatic amines is 2. The summed E-state index contributed by atoms with van der Waals surface area (Å²) in [5, 5.41) is 21.0. The van der Waals surface area contributed by atoms with E-state index in [9.17, 15) is 19.8 Å². The number of pyridine rings is 2. The molecule has 2 saturated carbocycles. The van der Waals surface area contributed by atoms with E-state index >= 15 is 0 Å². The van der Waals surface area contributed by atoms with Gasteiger partial charge in [0.2, 0.25) is 23.3 Å². The summed E-state index contributed by atoms with van der Waals surface area (Å²) < 4.78 is 12.2. The first-order chi connectivity index (χ1) is 31.0. The van der Waals surface area contributed by atoms with Gasteiger partial charge in [0.25, 0.3) is 0 Å². The molecule has 64 heavy (non-hydrogen) atoms. The first-order valence-corrected chi connectivity index (χ1v) is 21.9. The second-order valence-electron chi connectivity index (χ2n) is 17.5. The molecule has 4 N–H and O–H groups in total. The summed E-state index contributed by atoms with van der Waals surface area (Å²) in [5.41, 5.74) is 4.95. The number of H-pyrrole nitrogens is 2. The van der Waals surface area contributed by atoms with Crippen LogP contribution in [0.3, 0.4) is 0 Å². The van der Waals surface area contributed by atoms with Crippen molar-refractivity contribution in [2.45, 2.75) is 88.3 Å². The summed E-state index contributed by atoms with van der Waals surface area (Å²) in [7, 11) is 0. The van der Waals surface area contributed by atoms with Gasteiger partial charge in [0.1, 0.15) is 11.5 Å². The maximum absolute atomic E-state index is 12.8. The molecule has 12 nitrogen and oxygen atoms in total. The molecule has 0 bridgehead atoms. The second kappa shape index (κ2) is 18.0. The summed E-state index contributed by atoms with van der Waals surface area (Å²) in [6.07, 6.45) is 10.4. The zero-order valence-corrected chi connectivity index (χ0v) is 35.8. The third-order valence-corrected chi connectivity index (χ3v) is 12.3. The molecule has 0 unspecified atom stereocenters. The third-order valence-electron chi connectivity index (χ3n) is 12.3. The van der Waals surface area contributed by atoms with Crippen LogP contribution in [0, 0.1) is 0 Å². The molecular weight excluding hydrogens is 805 g/mol. The SMILES string of the molecule is C[C@@]1(O)CCC[C@@H](c2cccnc2Oc2ccc(C(=O)c3nc4ccccc4[nH]3)cc2)C1.C[C@]1(O)CCC[C@H](c2cccnc2Oc2ccc(C(=O)c3nc4ccccc4[nH]3)cc2)C1. The first-order valence-electron chi connectivity index (χ1n) is 21.9. The van der Waals surface area contributed by atoms with E-state index in [1.165, 1.54) is 0 Å². The van der Waals surface area contributed by atoms with Crippen LogP contribution in [-0.4, -0.2) is 62.9 Å². The zero-order valence-electron chi connectivity index (χ0n) is 35.8. The molecule has 0 aliphatic heterocycles. The lowest BCUT2D eigenvalue weighted by molar-refractivity contribution is 0.0136. The number of aliphatic hydroxyl groups is 2. The van der Waals surface area contributed by atoms with Crippen molar-refractivity contribution in [1.82, 2.24) is 29.9 Å². The fraction of sp³-hybridized carbons (Fsp3) is 0.269. The van der Waals surface area contributed by atoms with Crippen molar-refractivity contribution < 1.29 is 29.3 Å². The monoisotopic (exact) mass is 854 g/mol. The van der Waals surface area contributed by atoms with Gasteiger partial charge in [0.05, 0.1) is 33.3 Å². The van der Waals surface area contributed by atoms with Crippen molar-refractivity contribution in [2.75, 3.05) is 0 Å². The summed E-state index contributed by atoms with van der Waals surface area (Å²) in [4.78, 5) is 49.5. The normalized spacial score (nSPS) is 20.9. The highest BCUT2D eigenvalue weighted by molar-refractivity contribution is 6.08. The number of ketones is 2. The lowest BCUT2D eigenvalue weighted by Crippen LogP contribution is -2.31. The van der Waals surface area contributed by atoms with E-state index in [0.717, 1.165) is 71.7 Å². The largest absolute Gasteiger partial charge is 0.439 e. The van der Waals surface area contributed by atoms with E-state index in [1.807, 2.05) is 86.6 Å². The molecule has 4 aromatic heterocycles. The molecule has 2 fully saturated rings. The second-order valence-corrected chi connectivity index (χ2v) is 17.5. The van der Waals surface area contributed by atoms with Crippen molar-refractivity contribution in [3.8, 4) is 23.3 Å². The van der Waals surface area contributed by atoms with Crippen LogP contribution in [0.2, 0.25) is 0 Å². The van der Waals surface area contributed by atoms with Gasteiger partial charge >= 0.3 is 0 Å². The highest BCUT2D eigenvalue weighted by Crippen LogP contribution is 2.43. The summed E-state index contributed by atoms with van der Waals surface area (Å²) in [6.45, 7) is 3.79. The van der Waals surface area contributed by atoms with Gasteiger partial charge in [-0.3, -0.25) is 9.59 Å². The van der Waals surface area contributed by atoms with Crippen LogP contribution >= 0.6 is 0 Å². The van der Waals surface area contributed by atoms with Crippen LogP contribution in [0.15, 0.2) is 134 Å². The van der Waals surface area contributed by atoms with E-state index in [4.69, 9.17) is 9.47 Å². The molecule has 8 aromatic rings. The minimum Gasteiger partial charge on any atom is -0.439 e. The maximum Gasteiger partial charge on any atom is 0.228 e. The number of benzene rings is 4. The number of hydrogen-bond donors (Lipinski definition) is 4. The highest BCUT2D eigenvalue weighted by Gasteiger charge is 2.34. The van der Waals surface area contributed by atoms with Gasteiger partial charge in [0, 0.05) is 34.6 Å². The number of carbonyl (C=O) groups excluding carboxylic acids is 2. The van der Waals surface area contributed by atoms with Crippen LogP contribution in [0.25, 0.3) is 22.1 Å². The maximum atomic E-state index is 12.8. The van der Waals surface area contributed by atoms with Gasteiger partial charge in [0.15, 0.2) is 11.6 Å². The van der Waals surface area contributed by atoms with E-state index in [-0.39, 0.29) is 23.4 Å². The van der Waals surface area contributed by atoms with E-state index in [1.54, 1.807) is 60.9 Å². The Morgan fingerprint density at radius 1 is 0.562 bits per heavy atom. The van der Waals surface area contributed by atoms with Crippen LogP contribution in [0.5, 0.6) is 23.3 Å². The molecule has 4 heterocycles. The van der Waals surface area contributed by atoms with Crippen LogP contribution in [0.4, 0.5) is 0 Å². The molecule has 12 heteroatoms.